The molecule has 2 rings (SSSR count). The molecule has 0 atom stereocenters. The number of nitrogens with one attached hydrogen (secondary N) is 1. The van der Waals surface area contributed by atoms with Crippen molar-refractivity contribution in [2.24, 2.45) is 4.99 Å². The van der Waals surface area contributed by atoms with Crippen molar-refractivity contribution >= 4 is 34.6 Å². The van der Waals surface area contributed by atoms with Crippen LogP contribution < -0.4 is 5.32 Å². The van der Waals surface area contributed by atoms with Gasteiger partial charge in [0.2, 0.25) is 5.91 Å². The van der Waals surface area contributed by atoms with Gasteiger partial charge in [0.15, 0.2) is 16.7 Å². The van der Waals surface area contributed by atoms with Crippen LogP contribution in [0.3, 0.4) is 0 Å². The molecule has 1 amide bonds. The van der Waals surface area contributed by atoms with Crippen LogP contribution in [0.15, 0.2) is 35.3 Å². The smallest absolute Gasteiger partial charge is 0.416 e. The lowest BCUT2D eigenvalue weighted by Crippen LogP contribution is -2.25. The Morgan fingerprint density at radius 1 is 1.23 bits per heavy atom. The summed E-state index contributed by atoms with van der Waals surface area (Å²) in [6, 6.07) is 5.55. The number of aliphatic imine (C=N–C) groups is 1. The van der Waals surface area contributed by atoms with E-state index in [2.05, 4.69) is 15.4 Å². The summed E-state index contributed by atoms with van der Waals surface area (Å²) in [7, 11) is 0. The SMILES string of the molecule is CC.CCOC(=O)c1cc(/N=C(/NC(C)=O)SC)n(-c2ccc(C(F)(F)F)cc2)n1. The second kappa shape index (κ2) is 11.4. The number of hydrogen-bond donors (Lipinski definition) is 1. The second-order valence-electron chi connectivity index (χ2n) is 5.37. The van der Waals surface area contributed by atoms with Gasteiger partial charge in [0.05, 0.1) is 17.9 Å². The first-order chi connectivity index (χ1) is 14.2. The molecule has 0 bridgehead atoms. The quantitative estimate of drug-likeness (QED) is 0.424. The Labute approximate surface area is 176 Å². The summed E-state index contributed by atoms with van der Waals surface area (Å²) in [5, 5.41) is 6.84. The van der Waals surface area contributed by atoms with Crippen LogP contribution in [-0.2, 0) is 15.7 Å². The molecule has 0 saturated carbocycles. The van der Waals surface area contributed by atoms with E-state index in [4.69, 9.17) is 4.74 Å². The van der Waals surface area contributed by atoms with Crippen LogP contribution in [0.2, 0.25) is 0 Å². The van der Waals surface area contributed by atoms with Gasteiger partial charge >= 0.3 is 12.1 Å². The molecule has 0 aliphatic heterocycles. The number of benzene rings is 1. The number of alkyl halides is 3. The molecule has 0 aliphatic rings. The van der Waals surface area contributed by atoms with Crippen molar-refractivity contribution in [3.8, 4) is 5.69 Å². The summed E-state index contributed by atoms with van der Waals surface area (Å²) in [6.45, 7) is 7.07. The maximum absolute atomic E-state index is 12.8. The largest absolute Gasteiger partial charge is 0.461 e. The van der Waals surface area contributed by atoms with Gasteiger partial charge in [0, 0.05) is 13.0 Å². The number of halogens is 3. The van der Waals surface area contributed by atoms with E-state index in [0.29, 0.717) is 0 Å². The highest BCUT2D eigenvalue weighted by Crippen LogP contribution is 2.30. The zero-order valence-corrected chi connectivity index (χ0v) is 18.0. The Kier molecular flexibility index (Phi) is 9.57. The topological polar surface area (TPSA) is 85.6 Å². The molecule has 0 spiro atoms. The Morgan fingerprint density at radius 3 is 2.30 bits per heavy atom. The van der Waals surface area contributed by atoms with Gasteiger partial charge in [0.25, 0.3) is 0 Å². The average Bonchev–Trinajstić information content (AvgIpc) is 3.12. The maximum atomic E-state index is 12.8. The Hall–Kier alpha value is -2.82. The van der Waals surface area contributed by atoms with E-state index in [1.807, 2.05) is 13.8 Å². The van der Waals surface area contributed by atoms with Crippen molar-refractivity contribution in [3.05, 3.63) is 41.6 Å². The Balaban J connectivity index is 0.00000218. The van der Waals surface area contributed by atoms with Crippen molar-refractivity contribution in [2.75, 3.05) is 12.9 Å². The second-order valence-corrected chi connectivity index (χ2v) is 6.16. The number of amides is 1. The fraction of sp³-hybridized carbons (Fsp3) is 0.368. The minimum Gasteiger partial charge on any atom is -0.461 e. The Bertz CT molecular complexity index is 893. The van der Waals surface area contributed by atoms with Crippen molar-refractivity contribution in [2.45, 2.75) is 33.9 Å². The summed E-state index contributed by atoms with van der Waals surface area (Å²) in [6.07, 6.45) is -2.79. The lowest BCUT2D eigenvalue weighted by molar-refractivity contribution is -0.137. The molecule has 1 aromatic heterocycles. The van der Waals surface area contributed by atoms with Gasteiger partial charge in [-0.25, -0.2) is 14.5 Å². The molecule has 164 valence electrons. The van der Waals surface area contributed by atoms with Crippen LogP contribution >= 0.6 is 11.8 Å². The minimum atomic E-state index is -4.48. The highest BCUT2D eigenvalue weighted by Gasteiger charge is 2.30. The van der Waals surface area contributed by atoms with Crippen LogP contribution in [0.1, 0.15) is 43.7 Å². The minimum absolute atomic E-state index is 0.0659. The van der Waals surface area contributed by atoms with Crippen LogP contribution in [0.25, 0.3) is 5.69 Å². The van der Waals surface area contributed by atoms with Gasteiger partial charge in [-0.15, -0.1) is 0 Å². The van der Waals surface area contributed by atoms with Crippen LogP contribution in [0.5, 0.6) is 0 Å². The predicted molar refractivity (Wildman–Crippen MR) is 110 cm³/mol. The highest BCUT2D eigenvalue weighted by atomic mass is 32.2. The molecule has 0 aliphatic carbocycles. The van der Waals surface area contributed by atoms with Crippen molar-refractivity contribution in [1.29, 1.82) is 0 Å². The average molecular weight is 444 g/mol. The molecule has 0 fully saturated rings. The van der Waals surface area contributed by atoms with Gasteiger partial charge in [-0.3, -0.25) is 4.79 Å². The number of rotatable bonds is 4. The standard InChI is InChI=1S/C17H17F3N4O3S.C2H6/c1-4-27-15(26)13-9-14(22-16(28-3)21-10(2)25)24(23-13)12-7-5-11(6-8-12)17(18,19)20;1-2/h5-9H,4H2,1-3H3,(H,21,22,25);1-2H3. The molecule has 0 saturated heterocycles. The summed E-state index contributed by atoms with van der Waals surface area (Å²) >= 11 is 1.14. The number of esters is 1. The Morgan fingerprint density at radius 2 is 1.83 bits per heavy atom. The number of carbonyl (C=O) groups is 2. The third-order valence-corrected chi connectivity index (χ3v) is 3.89. The van der Waals surface area contributed by atoms with Crippen LogP contribution in [0.4, 0.5) is 19.0 Å². The highest BCUT2D eigenvalue weighted by molar-refractivity contribution is 8.13. The van der Waals surface area contributed by atoms with E-state index in [9.17, 15) is 22.8 Å². The number of nitrogens with zero attached hydrogens (tertiary/aromatic N) is 3. The number of hydrogen-bond acceptors (Lipinski definition) is 6. The molecular formula is C19H23F3N4O3S. The van der Waals surface area contributed by atoms with E-state index in [-0.39, 0.29) is 34.9 Å². The van der Waals surface area contributed by atoms with Crippen molar-refractivity contribution in [1.82, 2.24) is 15.1 Å². The van der Waals surface area contributed by atoms with E-state index in [1.165, 1.54) is 29.8 Å². The first-order valence-corrected chi connectivity index (χ1v) is 10.2. The van der Waals surface area contributed by atoms with E-state index < -0.39 is 17.7 Å². The predicted octanol–water partition coefficient (Wildman–Crippen LogP) is 4.58. The first kappa shape index (κ1) is 25.2. The van der Waals surface area contributed by atoms with Gasteiger partial charge in [-0.05, 0) is 37.4 Å². The normalized spacial score (nSPS) is 11.4. The number of aromatic nitrogens is 2. The molecule has 1 heterocycles. The van der Waals surface area contributed by atoms with Crippen LogP contribution in [0, 0.1) is 0 Å². The molecule has 1 aromatic carbocycles. The first-order valence-electron chi connectivity index (χ1n) is 9.00. The summed E-state index contributed by atoms with van der Waals surface area (Å²) in [5.74, 6) is -0.907. The van der Waals surface area contributed by atoms with Crippen molar-refractivity contribution < 1.29 is 27.5 Å². The summed E-state index contributed by atoms with van der Waals surface area (Å²) < 4.78 is 44.5. The molecule has 30 heavy (non-hydrogen) atoms. The van der Waals surface area contributed by atoms with Gasteiger partial charge < -0.3 is 10.1 Å². The third-order valence-electron chi connectivity index (χ3n) is 3.31. The zero-order chi connectivity index (χ0) is 22.9. The fourth-order valence-electron chi connectivity index (χ4n) is 2.12. The van der Waals surface area contributed by atoms with E-state index >= 15 is 0 Å². The molecule has 2 aromatic rings. The van der Waals surface area contributed by atoms with E-state index in [1.54, 1.807) is 13.2 Å². The molecule has 0 radical (unpaired) electrons. The molecular weight excluding hydrogens is 421 g/mol. The molecule has 0 unspecified atom stereocenters. The number of thioether (sulfide) groups is 1. The molecule has 7 nitrogen and oxygen atoms in total. The van der Waals surface area contributed by atoms with Gasteiger partial charge in [-0.1, -0.05) is 25.6 Å². The van der Waals surface area contributed by atoms with Gasteiger partial charge in [0.1, 0.15) is 0 Å². The lowest BCUT2D eigenvalue weighted by Gasteiger charge is -2.09. The number of carbonyl (C=O) groups excluding carboxylic acids is 2. The third kappa shape index (κ3) is 6.90. The lowest BCUT2D eigenvalue weighted by atomic mass is 10.2. The summed E-state index contributed by atoms with van der Waals surface area (Å²) in [4.78, 5) is 27.5. The number of amidine groups is 1. The van der Waals surface area contributed by atoms with E-state index in [0.717, 1.165) is 23.9 Å². The zero-order valence-electron chi connectivity index (χ0n) is 17.2. The maximum Gasteiger partial charge on any atom is 0.416 e. The monoisotopic (exact) mass is 444 g/mol. The molecule has 1 N–H and O–H groups in total. The fourth-order valence-corrected chi connectivity index (χ4v) is 2.55. The van der Waals surface area contributed by atoms with Crippen molar-refractivity contribution in [3.63, 3.8) is 0 Å². The molecule has 11 heteroatoms. The summed E-state index contributed by atoms with van der Waals surface area (Å²) in [5.41, 5.74) is -0.628. The van der Waals surface area contributed by atoms with Gasteiger partial charge in [-0.2, -0.15) is 18.3 Å². The van der Waals surface area contributed by atoms with Crippen LogP contribution in [-0.4, -0.2) is 39.7 Å². The number of ether oxygens (including phenoxy) is 1.